The molecule has 1 fully saturated rings. The first-order valence-corrected chi connectivity index (χ1v) is 7.54. The number of nitrogens with two attached hydrogens (primary N) is 1. The van der Waals surface area contributed by atoms with Gasteiger partial charge in [-0.3, -0.25) is 9.47 Å². The molecule has 0 bridgehead atoms. The smallest absolute Gasteiger partial charge is 0.181 e. The highest BCUT2D eigenvalue weighted by molar-refractivity contribution is 9.10. The van der Waals surface area contributed by atoms with Crippen LogP contribution in [0.3, 0.4) is 0 Å². The number of nitrogens with zero attached hydrogens (tertiary/aromatic N) is 1. The molecule has 1 heterocycles. The Hall–Kier alpha value is -1.29. The molecule has 0 radical (unpaired) electrons. The van der Waals surface area contributed by atoms with Crippen LogP contribution in [0.5, 0.6) is 0 Å². The van der Waals surface area contributed by atoms with Crippen LogP contribution in [0.4, 0.5) is 0 Å². The Kier molecular flexibility index (Phi) is 2.20. The molecule has 2 aliphatic carbocycles. The second-order valence-electron chi connectivity index (χ2n) is 5.81. The lowest BCUT2D eigenvalue weighted by atomic mass is 9.59. The molecule has 0 unspecified atom stereocenters. The molecule has 1 aromatic heterocycles. The number of benzene rings is 1. The van der Waals surface area contributed by atoms with E-state index < -0.39 is 0 Å². The van der Waals surface area contributed by atoms with E-state index in [1.54, 1.807) is 4.68 Å². The van der Waals surface area contributed by atoms with Gasteiger partial charge in [-0.05, 0) is 48.4 Å². The number of halogens is 1. The minimum Gasteiger partial charge on any atom is -0.338 e. The summed E-state index contributed by atoms with van der Waals surface area (Å²) in [5, 5.41) is 1.15. The van der Waals surface area contributed by atoms with Crippen molar-refractivity contribution >= 4 is 32.6 Å². The van der Waals surface area contributed by atoms with Gasteiger partial charge in [0.2, 0.25) is 0 Å². The number of carbonyl (C=O) groups excluding carboxylic acids is 1. The molecule has 0 aliphatic heterocycles. The molecular formula is C15H15BrN2O. The maximum atomic E-state index is 12.3. The fourth-order valence-corrected chi connectivity index (χ4v) is 4.16. The van der Waals surface area contributed by atoms with E-state index in [1.165, 1.54) is 24.8 Å². The van der Waals surface area contributed by atoms with Crippen molar-refractivity contribution in [3.05, 3.63) is 33.9 Å². The lowest BCUT2D eigenvalue weighted by Crippen LogP contribution is -2.40. The average Bonchev–Trinajstić information content (AvgIpc) is 2.63. The standard InChI is InChI=1S/C15H15BrN2O/c16-9-2-3-11-10(8-9)13-14(18(11)17)12(19)4-7-15(13)5-1-6-15/h2-3,8H,1,4-7,17H2. The summed E-state index contributed by atoms with van der Waals surface area (Å²) in [5.41, 5.74) is 3.15. The normalized spacial score (nSPS) is 20.6. The van der Waals surface area contributed by atoms with Crippen molar-refractivity contribution in [3.63, 3.8) is 0 Å². The first kappa shape index (κ1) is 11.5. The summed E-state index contributed by atoms with van der Waals surface area (Å²) in [6.07, 6.45) is 5.28. The first-order chi connectivity index (χ1) is 9.12. The topological polar surface area (TPSA) is 48.0 Å². The van der Waals surface area contributed by atoms with Crippen LogP contribution in [0.1, 0.15) is 48.2 Å². The summed E-state index contributed by atoms with van der Waals surface area (Å²) in [7, 11) is 0. The van der Waals surface area contributed by atoms with Crippen molar-refractivity contribution in [2.45, 2.75) is 37.5 Å². The molecule has 0 atom stereocenters. The summed E-state index contributed by atoms with van der Waals surface area (Å²) in [5.74, 6) is 6.38. The summed E-state index contributed by atoms with van der Waals surface area (Å²) in [4.78, 5) is 12.3. The van der Waals surface area contributed by atoms with Crippen LogP contribution in [0.25, 0.3) is 10.9 Å². The van der Waals surface area contributed by atoms with Gasteiger partial charge in [-0.2, -0.15) is 0 Å². The lowest BCUT2D eigenvalue weighted by molar-refractivity contribution is 0.0913. The maximum Gasteiger partial charge on any atom is 0.181 e. The number of hydrogen-bond donors (Lipinski definition) is 1. The summed E-state index contributed by atoms with van der Waals surface area (Å²) < 4.78 is 2.65. The molecule has 1 saturated carbocycles. The van der Waals surface area contributed by atoms with E-state index >= 15 is 0 Å². The van der Waals surface area contributed by atoms with E-state index in [0.717, 1.165) is 27.5 Å². The van der Waals surface area contributed by atoms with Crippen molar-refractivity contribution in [2.24, 2.45) is 0 Å². The van der Waals surface area contributed by atoms with Gasteiger partial charge in [0.05, 0.1) is 5.52 Å². The van der Waals surface area contributed by atoms with Crippen LogP contribution in [-0.2, 0) is 5.41 Å². The summed E-state index contributed by atoms with van der Waals surface area (Å²) in [6.45, 7) is 0. The van der Waals surface area contributed by atoms with E-state index in [1.807, 2.05) is 12.1 Å². The van der Waals surface area contributed by atoms with Gasteiger partial charge < -0.3 is 5.84 Å². The number of rotatable bonds is 0. The predicted molar refractivity (Wildman–Crippen MR) is 78.9 cm³/mol. The molecule has 1 spiro atoms. The minimum atomic E-state index is 0.197. The van der Waals surface area contributed by atoms with E-state index in [-0.39, 0.29) is 11.2 Å². The van der Waals surface area contributed by atoms with Gasteiger partial charge in [0.1, 0.15) is 5.69 Å². The zero-order chi connectivity index (χ0) is 13.2. The van der Waals surface area contributed by atoms with Crippen LogP contribution >= 0.6 is 15.9 Å². The molecule has 2 aromatic rings. The van der Waals surface area contributed by atoms with E-state index in [4.69, 9.17) is 5.84 Å². The molecule has 98 valence electrons. The molecule has 2 N–H and O–H groups in total. The van der Waals surface area contributed by atoms with Crippen molar-refractivity contribution in [1.29, 1.82) is 0 Å². The van der Waals surface area contributed by atoms with E-state index in [0.29, 0.717) is 6.42 Å². The number of aromatic nitrogens is 1. The monoisotopic (exact) mass is 318 g/mol. The molecule has 19 heavy (non-hydrogen) atoms. The van der Waals surface area contributed by atoms with Crippen LogP contribution in [0.15, 0.2) is 22.7 Å². The van der Waals surface area contributed by atoms with Gasteiger partial charge in [-0.1, -0.05) is 22.4 Å². The number of ketones is 1. The highest BCUT2D eigenvalue weighted by Crippen LogP contribution is 2.53. The highest BCUT2D eigenvalue weighted by Gasteiger charge is 2.46. The Balaban J connectivity index is 2.14. The van der Waals surface area contributed by atoms with Crippen molar-refractivity contribution in [2.75, 3.05) is 5.84 Å². The first-order valence-electron chi connectivity index (χ1n) is 6.75. The molecular weight excluding hydrogens is 304 g/mol. The van der Waals surface area contributed by atoms with Gasteiger partial charge in [-0.25, -0.2) is 0 Å². The largest absolute Gasteiger partial charge is 0.338 e. The Morgan fingerprint density at radius 2 is 2.05 bits per heavy atom. The average molecular weight is 319 g/mol. The number of carbonyl (C=O) groups is 1. The van der Waals surface area contributed by atoms with Crippen LogP contribution in [0, 0.1) is 0 Å². The number of nitrogen functional groups attached to an aromatic ring is 1. The Bertz CT molecular complexity index is 712. The molecule has 4 rings (SSSR count). The molecule has 3 nitrogen and oxygen atoms in total. The molecule has 4 heteroatoms. The molecule has 0 saturated heterocycles. The summed E-state index contributed by atoms with van der Waals surface area (Å²) in [6, 6.07) is 6.09. The van der Waals surface area contributed by atoms with Crippen molar-refractivity contribution < 1.29 is 4.79 Å². The van der Waals surface area contributed by atoms with E-state index in [2.05, 4.69) is 22.0 Å². The Labute approximate surface area is 119 Å². The third-order valence-electron chi connectivity index (χ3n) is 4.90. The molecule has 2 aliphatic rings. The number of hydrogen-bond acceptors (Lipinski definition) is 2. The zero-order valence-electron chi connectivity index (χ0n) is 10.6. The van der Waals surface area contributed by atoms with Crippen LogP contribution in [-0.4, -0.2) is 10.5 Å². The Morgan fingerprint density at radius 1 is 1.26 bits per heavy atom. The minimum absolute atomic E-state index is 0.197. The SMILES string of the molecule is Nn1c2c(c3cc(Br)ccc31)C1(CCC1)CCC2=O. The molecule has 1 aromatic carbocycles. The van der Waals surface area contributed by atoms with Gasteiger partial charge in [-0.15, -0.1) is 0 Å². The second-order valence-corrected chi connectivity index (χ2v) is 6.73. The maximum absolute atomic E-state index is 12.3. The summed E-state index contributed by atoms with van der Waals surface area (Å²) >= 11 is 3.53. The Morgan fingerprint density at radius 3 is 2.74 bits per heavy atom. The third-order valence-corrected chi connectivity index (χ3v) is 5.39. The lowest BCUT2D eigenvalue weighted by Gasteiger charge is -2.45. The quantitative estimate of drug-likeness (QED) is 0.755. The highest BCUT2D eigenvalue weighted by atomic mass is 79.9. The number of fused-ring (bicyclic) bond motifs is 4. The van der Waals surface area contributed by atoms with Crippen LogP contribution in [0.2, 0.25) is 0 Å². The van der Waals surface area contributed by atoms with E-state index in [9.17, 15) is 4.79 Å². The predicted octanol–water partition coefficient (Wildman–Crippen LogP) is 3.52. The third kappa shape index (κ3) is 1.35. The fraction of sp³-hybridized carbons (Fsp3) is 0.400. The van der Waals surface area contributed by atoms with Crippen molar-refractivity contribution in [3.8, 4) is 0 Å². The second kappa shape index (κ2) is 3.63. The number of Topliss-reactive ketones (excluding diaryl/α,β-unsaturated/α-hetero) is 1. The van der Waals surface area contributed by atoms with Gasteiger partial charge in [0, 0.05) is 16.3 Å². The van der Waals surface area contributed by atoms with Gasteiger partial charge in [0.25, 0.3) is 0 Å². The zero-order valence-corrected chi connectivity index (χ0v) is 12.2. The van der Waals surface area contributed by atoms with Crippen molar-refractivity contribution in [1.82, 2.24) is 4.68 Å². The van der Waals surface area contributed by atoms with Crippen LogP contribution < -0.4 is 5.84 Å². The molecule has 0 amide bonds. The van der Waals surface area contributed by atoms with Gasteiger partial charge >= 0.3 is 0 Å². The fourth-order valence-electron chi connectivity index (χ4n) is 3.80. The van der Waals surface area contributed by atoms with Gasteiger partial charge in [0.15, 0.2) is 5.78 Å².